The second-order valence-corrected chi connectivity index (χ2v) is 7.02. The lowest BCUT2D eigenvalue weighted by molar-refractivity contribution is 0.267. The SMILES string of the molecule is NC(=O)S1(Br)C=CC=C1. The van der Waals surface area contributed by atoms with Gasteiger partial charge in [-0.3, -0.25) is 4.79 Å². The van der Waals surface area contributed by atoms with E-state index in [9.17, 15) is 4.79 Å². The van der Waals surface area contributed by atoms with Gasteiger partial charge in [0, 0.05) is 0 Å². The van der Waals surface area contributed by atoms with Crippen LogP contribution in [-0.2, 0) is 0 Å². The van der Waals surface area contributed by atoms with Gasteiger partial charge in [-0.1, -0.05) is 20.6 Å². The first-order valence-electron chi connectivity index (χ1n) is 2.32. The molecule has 1 amide bonds. The van der Waals surface area contributed by atoms with Crippen LogP contribution in [0, 0.1) is 0 Å². The van der Waals surface area contributed by atoms with Gasteiger partial charge in [0.05, 0.1) is 0 Å². The highest BCUT2D eigenvalue weighted by Crippen LogP contribution is 2.60. The monoisotopic (exact) mass is 207 g/mol. The molecule has 9 heavy (non-hydrogen) atoms. The molecule has 0 saturated heterocycles. The van der Waals surface area contributed by atoms with E-state index < -0.39 is 8.46 Å². The van der Waals surface area contributed by atoms with Crippen LogP contribution in [0.2, 0.25) is 0 Å². The molecule has 50 valence electrons. The number of rotatable bonds is 0. The Kier molecular flexibility index (Phi) is 1.68. The van der Waals surface area contributed by atoms with Crippen LogP contribution in [0.1, 0.15) is 0 Å². The first-order chi connectivity index (χ1) is 4.15. The molecule has 0 atom stereocenters. The van der Waals surface area contributed by atoms with Gasteiger partial charge in [0.25, 0.3) is 5.24 Å². The van der Waals surface area contributed by atoms with Crippen LogP contribution in [0.5, 0.6) is 0 Å². The highest BCUT2D eigenvalue weighted by Gasteiger charge is 2.22. The zero-order valence-corrected chi connectivity index (χ0v) is 6.98. The number of hydrogen-bond acceptors (Lipinski definition) is 1. The molecule has 0 bridgehead atoms. The molecule has 0 spiro atoms. The fourth-order valence-corrected chi connectivity index (χ4v) is 2.24. The van der Waals surface area contributed by atoms with Crippen LogP contribution in [0.25, 0.3) is 0 Å². The summed E-state index contributed by atoms with van der Waals surface area (Å²) in [6.45, 7) is 0. The molecule has 0 aromatic carbocycles. The number of primary amides is 1. The number of allylic oxidation sites excluding steroid dienone is 2. The summed E-state index contributed by atoms with van der Waals surface area (Å²) in [4.78, 5) is 10.6. The van der Waals surface area contributed by atoms with Gasteiger partial charge in [-0.15, -0.1) is 0 Å². The van der Waals surface area contributed by atoms with Gasteiger partial charge in [0.15, 0.2) is 0 Å². The van der Waals surface area contributed by atoms with Crippen molar-refractivity contribution in [1.82, 2.24) is 0 Å². The average molecular weight is 208 g/mol. The van der Waals surface area contributed by atoms with Gasteiger partial charge in [-0.25, -0.2) is 0 Å². The van der Waals surface area contributed by atoms with Crippen molar-refractivity contribution in [2.45, 2.75) is 0 Å². The molecule has 0 aromatic heterocycles. The minimum atomic E-state index is -1.53. The minimum Gasteiger partial charge on any atom is -0.361 e. The van der Waals surface area contributed by atoms with Gasteiger partial charge in [0.2, 0.25) is 0 Å². The lowest BCUT2D eigenvalue weighted by Gasteiger charge is -2.16. The Hall–Kier alpha value is -0.220. The van der Waals surface area contributed by atoms with Gasteiger partial charge >= 0.3 is 0 Å². The largest absolute Gasteiger partial charge is 0.361 e. The van der Waals surface area contributed by atoms with Gasteiger partial charge in [-0.05, 0) is 25.6 Å². The van der Waals surface area contributed by atoms with Crippen LogP contribution in [0.15, 0.2) is 23.0 Å². The maximum atomic E-state index is 10.6. The standard InChI is InChI=1S/C5H6BrNOS/c6-9(5(7)8)3-1-2-4-9/h1-4H,(H2,7,8). The molecule has 1 aliphatic heterocycles. The number of halogens is 1. The Morgan fingerprint density at radius 3 is 2.11 bits per heavy atom. The van der Waals surface area contributed by atoms with E-state index >= 15 is 0 Å². The number of carbonyl (C=O) groups excluding carboxylic acids is 1. The van der Waals surface area contributed by atoms with Crippen molar-refractivity contribution in [1.29, 1.82) is 0 Å². The zero-order valence-electron chi connectivity index (χ0n) is 4.58. The number of hydrogen-bond donors (Lipinski definition) is 1. The van der Waals surface area contributed by atoms with Crippen LogP contribution in [-0.4, -0.2) is 5.24 Å². The second-order valence-electron chi connectivity index (χ2n) is 1.60. The molecular weight excluding hydrogens is 202 g/mol. The number of nitrogens with two attached hydrogens (primary N) is 1. The molecule has 1 heterocycles. The second kappa shape index (κ2) is 2.19. The molecule has 2 nitrogen and oxygen atoms in total. The summed E-state index contributed by atoms with van der Waals surface area (Å²) in [6.07, 6.45) is 3.63. The Labute approximate surface area is 62.3 Å². The summed E-state index contributed by atoms with van der Waals surface area (Å²) in [5.74, 6) is 0. The van der Waals surface area contributed by atoms with E-state index in [-0.39, 0.29) is 5.24 Å². The highest BCUT2D eigenvalue weighted by molar-refractivity contribution is 9.61. The molecule has 1 aliphatic rings. The third kappa shape index (κ3) is 1.19. The quantitative estimate of drug-likeness (QED) is 0.651. The maximum absolute atomic E-state index is 10.6. The van der Waals surface area contributed by atoms with E-state index in [1.165, 1.54) is 0 Å². The van der Waals surface area contributed by atoms with Crippen molar-refractivity contribution in [3.05, 3.63) is 23.0 Å². The topological polar surface area (TPSA) is 43.1 Å². The highest BCUT2D eigenvalue weighted by atomic mass is 79.9. The van der Waals surface area contributed by atoms with E-state index in [2.05, 4.69) is 14.8 Å². The van der Waals surface area contributed by atoms with Crippen LogP contribution >= 0.6 is 23.3 Å². The van der Waals surface area contributed by atoms with Crippen molar-refractivity contribution >= 4 is 28.5 Å². The Morgan fingerprint density at radius 1 is 1.44 bits per heavy atom. The molecule has 0 aromatic rings. The van der Waals surface area contributed by atoms with Crippen LogP contribution in [0.4, 0.5) is 4.79 Å². The lowest BCUT2D eigenvalue weighted by Crippen LogP contribution is -2.09. The third-order valence-electron chi connectivity index (χ3n) is 0.973. The summed E-state index contributed by atoms with van der Waals surface area (Å²) in [5.41, 5.74) is 5.08. The summed E-state index contributed by atoms with van der Waals surface area (Å²) >= 11 is 3.25. The normalized spacial score (nSPS) is 24.1. The number of amides is 1. The predicted octanol–water partition coefficient (Wildman–Crippen LogP) is 2.22. The van der Waals surface area contributed by atoms with Crippen molar-refractivity contribution < 1.29 is 4.79 Å². The summed E-state index contributed by atoms with van der Waals surface area (Å²) in [5, 5.41) is 3.28. The molecular formula is C5H6BrNOS. The summed E-state index contributed by atoms with van der Waals surface area (Å²) in [6, 6.07) is 0. The summed E-state index contributed by atoms with van der Waals surface area (Å²) < 4.78 is 0. The molecule has 0 aliphatic carbocycles. The molecule has 2 N–H and O–H groups in total. The molecule has 0 fully saturated rings. The smallest absolute Gasteiger partial charge is 0.275 e. The van der Waals surface area contributed by atoms with Gasteiger partial charge in [-0.2, -0.15) is 0 Å². The van der Waals surface area contributed by atoms with E-state index in [1.807, 2.05) is 12.2 Å². The maximum Gasteiger partial charge on any atom is 0.275 e. The van der Waals surface area contributed by atoms with Crippen molar-refractivity contribution in [3.8, 4) is 0 Å². The lowest BCUT2D eigenvalue weighted by atomic mass is 10.6. The first-order valence-corrected chi connectivity index (χ1v) is 5.92. The number of carbonyl (C=O) groups is 1. The Bertz CT molecular complexity index is 187. The van der Waals surface area contributed by atoms with E-state index in [0.717, 1.165) is 0 Å². The summed E-state index contributed by atoms with van der Waals surface area (Å²) in [7, 11) is -1.53. The molecule has 4 heteroatoms. The first kappa shape index (κ1) is 6.89. The van der Waals surface area contributed by atoms with Crippen LogP contribution in [0.3, 0.4) is 0 Å². The fourth-order valence-electron chi connectivity index (χ4n) is 0.499. The van der Waals surface area contributed by atoms with Gasteiger partial charge in [0.1, 0.15) is 0 Å². The zero-order chi connectivity index (χ0) is 6.91. The van der Waals surface area contributed by atoms with Crippen molar-refractivity contribution in [2.24, 2.45) is 5.73 Å². The van der Waals surface area contributed by atoms with Crippen molar-refractivity contribution in [3.63, 3.8) is 0 Å². The minimum absolute atomic E-state index is 0.299. The molecule has 0 saturated carbocycles. The van der Waals surface area contributed by atoms with Crippen LogP contribution < -0.4 is 5.73 Å². The fraction of sp³-hybridized carbons (Fsp3) is 0. The Balaban J connectivity index is 2.88. The average Bonchev–Trinajstić information content (AvgIpc) is 2.16. The molecule has 0 radical (unpaired) electrons. The Morgan fingerprint density at radius 2 is 1.89 bits per heavy atom. The molecule has 0 unspecified atom stereocenters. The van der Waals surface area contributed by atoms with E-state index in [0.29, 0.717) is 0 Å². The molecule has 1 rings (SSSR count). The van der Waals surface area contributed by atoms with Gasteiger partial charge < -0.3 is 5.73 Å². The predicted molar refractivity (Wildman–Crippen MR) is 44.4 cm³/mol. The third-order valence-corrected chi connectivity index (χ3v) is 4.95. The van der Waals surface area contributed by atoms with Crippen molar-refractivity contribution in [2.75, 3.05) is 0 Å². The van der Waals surface area contributed by atoms with E-state index in [4.69, 9.17) is 5.73 Å². The van der Waals surface area contributed by atoms with E-state index in [1.54, 1.807) is 10.8 Å².